The van der Waals surface area contributed by atoms with Gasteiger partial charge in [-0.05, 0) is 32.1 Å². The summed E-state index contributed by atoms with van der Waals surface area (Å²) in [6.07, 6.45) is 4.13. The standard InChI is InChI=1S/C15H26O4Si/c1-11(13-5-4-8-20(2,3)10-13)19-14(16)9-18-15(17)12-6-7-12/h11-13H,4-10H2,1-3H3. The van der Waals surface area contributed by atoms with E-state index in [2.05, 4.69) is 13.1 Å². The number of ether oxygens (including phenoxy) is 2. The molecule has 0 spiro atoms. The molecule has 0 aromatic heterocycles. The van der Waals surface area contributed by atoms with Crippen LogP contribution in [0.2, 0.25) is 25.2 Å². The van der Waals surface area contributed by atoms with E-state index in [1.54, 1.807) is 0 Å². The molecular weight excluding hydrogens is 272 g/mol. The van der Waals surface area contributed by atoms with Crippen LogP contribution in [0.4, 0.5) is 0 Å². The van der Waals surface area contributed by atoms with E-state index in [0.717, 1.165) is 19.3 Å². The molecule has 2 fully saturated rings. The van der Waals surface area contributed by atoms with Crippen LogP contribution in [0, 0.1) is 11.8 Å². The minimum Gasteiger partial charge on any atom is -0.460 e. The minimum absolute atomic E-state index is 0.0327. The van der Waals surface area contributed by atoms with Crippen molar-refractivity contribution in [2.75, 3.05) is 6.61 Å². The largest absolute Gasteiger partial charge is 0.460 e. The molecule has 2 unspecified atom stereocenters. The molecule has 0 bridgehead atoms. The molecular formula is C15H26O4Si. The lowest BCUT2D eigenvalue weighted by molar-refractivity contribution is -0.164. The zero-order valence-corrected chi connectivity index (χ0v) is 13.8. The Hall–Kier alpha value is -0.843. The zero-order valence-electron chi connectivity index (χ0n) is 12.8. The third-order valence-corrected chi connectivity index (χ3v) is 7.80. The van der Waals surface area contributed by atoms with E-state index >= 15 is 0 Å². The smallest absolute Gasteiger partial charge is 0.344 e. The summed E-state index contributed by atoms with van der Waals surface area (Å²) in [4.78, 5) is 23.1. The van der Waals surface area contributed by atoms with Gasteiger partial charge in [-0.15, -0.1) is 0 Å². The van der Waals surface area contributed by atoms with E-state index in [1.165, 1.54) is 18.5 Å². The second-order valence-corrected chi connectivity index (χ2v) is 12.3. The maximum Gasteiger partial charge on any atom is 0.344 e. The van der Waals surface area contributed by atoms with E-state index in [4.69, 9.17) is 9.47 Å². The summed E-state index contributed by atoms with van der Waals surface area (Å²) in [5.74, 6) is -0.142. The van der Waals surface area contributed by atoms with Crippen LogP contribution in [0.15, 0.2) is 0 Å². The monoisotopic (exact) mass is 298 g/mol. The van der Waals surface area contributed by atoms with Crippen molar-refractivity contribution < 1.29 is 19.1 Å². The summed E-state index contributed by atoms with van der Waals surface area (Å²) in [7, 11) is -1.09. The number of rotatable bonds is 5. The van der Waals surface area contributed by atoms with E-state index in [1.807, 2.05) is 6.92 Å². The highest BCUT2D eigenvalue weighted by molar-refractivity contribution is 6.77. The third kappa shape index (κ3) is 4.61. The highest BCUT2D eigenvalue weighted by atomic mass is 28.3. The fourth-order valence-corrected chi connectivity index (χ4v) is 6.38. The molecule has 2 rings (SSSR count). The fraction of sp³-hybridized carbons (Fsp3) is 0.867. The van der Waals surface area contributed by atoms with Crippen molar-refractivity contribution >= 4 is 20.0 Å². The van der Waals surface area contributed by atoms with Crippen LogP contribution in [-0.4, -0.2) is 32.7 Å². The Morgan fingerprint density at radius 2 is 1.95 bits per heavy atom. The molecule has 0 N–H and O–H groups in total. The predicted molar refractivity (Wildman–Crippen MR) is 79.1 cm³/mol. The van der Waals surface area contributed by atoms with Gasteiger partial charge in [0.05, 0.1) is 5.92 Å². The van der Waals surface area contributed by atoms with Crippen LogP contribution in [0.25, 0.3) is 0 Å². The molecule has 1 saturated carbocycles. The Morgan fingerprint density at radius 1 is 1.25 bits per heavy atom. The van der Waals surface area contributed by atoms with Gasteiger partial charge in [-0.1, -0.05) is 31.6 Å². The lowest BCUT2D eigenvalue weighted by atomic mass is 10.00. The Bertz CT molecular complexity index is 376. The summed E-state index contributed by atoms with van der Waals surface area (Å²) >= 11 is 0. The van der Waals surface area contributed by atoms with Gasteiger partial charge in [0.25, 0.3) is 0 Å². The first kappa shape index (κ1) is 15.5. The van der Waals surface area contributed by atoms with E-state index < -0.39 is 14.0 Å². The number of carbonyl (C=O) groups excluding carboxylic acids is 2. The zero-order chi connectivity index (χ0) is 14.8. The lowest BCUT2D eigenvalue weighted by Gasteiger charge is -2.36. The highest BCUT2D eigenvalue weighted by Crippen LogP contribution is 2.35. The minimum atomic E-state index is -1.09. The Morgan fingerprint density at radius 3 is 2.55 bits per heavy atom. The van der Waals surface area contributed by atoms with Crippen LogP contribution in [0.3, 0.4) is 0 Å². The molecule has 0 aromatic carbocycles. The summed E-state index contributed by atoms with van der Waals surface area (Å²) < 4.78 is 10.4. The molecule has 1 saturated heterocycles. The van der Waals surface area contributed by atoms with Gasteiger partial charge in [0.1, 0.15) is 6.10 Å². The van der Waals surface area contributed by atoms with Crippen LogP contribution in [0.5, 0.6) is 0 Å². The molecule has 0 amide bonds. The molecule has 114 valence electrons. The van der Waals surface area contributed by atoms with Crippen molar-refractivity contribution in [3.63, 3.8) is 0 Å². The maximum absolute atomic E-state index is 11.7. The average molecular weight is 298 g/mol. The molecule has 1 heterocycles. The quantitative estimate of drug-likeness (QED) is 0.578. The number of carbonyl (C=O) groups is 2. The predicted octanol–water partition coefficient (Wildman–Crippen LogP) is 2.99. The van der Waals surface area contributed by atoms with Crippen molar-refractivity contribution in [3.05, 3.63) is 0 Å². The molecule has 1 aliphatic heterocycles. The number of hydrogen-bond donors (Lipinski definition) is 0. The van der Waals surface area contributed by atoms with E-state index in [0.29, 0.717) is 5.92 Å². The van der Waals surface area contributed by atoms with Gasteiger partial charge in [-0.25, -0.2) is 4.79 Å². The van der Waals surface area contributed by atoms with Gasteiger partial charge in [-0.2, -0.15) is 0 Å². The van der Waals surface area contributed by atoms with Gasteiger partial charge in [-0.3, -0.25) is 4.79 Å². The molecule has 20 heavy (non-hydrogen) atoms. The summed E-state index contributed by atoms with van der Waals surface area (Å²) in [6.45, 7) is 6.56. The molecule has 2 atom stereocenters. The topological polar surface area (TPSA) is 52.6 Å². The molecule has 2 aliphatic rings. The van der Waals surface area contributed by atoms with Crippen molar-refractivity contribution in [2.24, 2.45) is 11.8 Å². The summed E-state index contributed by atoms with van der Waals surface area (Å²) in [5.41, 5.74) is 0. The highest BCUT2D eigenvalue weighted by Gasteiger charge is 2.34. The molecule has 0 radical (unpaired) electrons. The van der Waals surface area contributed by atoms with Crippen LogP contribution >= 0.6 is 0 Å². The third-order valence-electron chi connectivity index (χ3n) is 4.47. The fourth-order valence-electron chi connectivity index (χ4n) is 3.06. The SMILES string of the molecule is CC(OC(=O)COC(=O)C1CC1)C1CCC[Si](C)(C)C1. The molecule has 4 nitrogen and oxygen atoms in total. The normalized spacial score (nSPS) is 26.6. The summed E-state index contributed by atoms with van der Waals surface area (Å²) in [6, 6.07) is 2.60. The van der Waals surface area contributed by atoms with Crippen LogP contribution in [0.1, 0.15) is 32.6 Å². The lowest BCUT2D eigenvalue weighted by Crippen LogP contribution is -2.38. The first-order chi connectivity index (χ1) is 9.37. The van der Waals surface area contributed by atoms with Gasteiger partial charge in [0.2, 0.25) is 0 Å². The first-order valence-electron chi connectivity index (χ1n) is 7.73. The van der Waals surface area contributed by atoms with E-state index in [9.17, 15) is 9.59 Å². The van der Waals surface area contributed by atoms with Crippen LogP contribution in [-0.2, 0) is 19.1 Å². The van der Waals surface area contributed by atoms with Crippen molar-refractivity contribution in [3.8, 4) is 0 Å². The average Bonchev–Trinajstić information content (AvgIpc) is 3.18. The first-order valence-corrected chi connectivity index (χ1v) is 11.1. The van der Waals surface area contributed by atoms with Gasteiger partial charge in [0.15, 0.2) is 6.61 Å². The second-order valence-electron chi connectivity index (χ2n) is 7.10. The molecule has 1 aliphatic carbocycles. The Kier molecular flexibility index (Phi) is 4.89. The van der Waals surface area contributed by atoms with Crippen molar-refractivity contribution in [1.29, 1.82) is 0 Å². The Balaban J connectivity index is 1.71. The Labute approximate surface area is 122 Å². The second kappa shape index (κ2) is 6.29. The number of hydrogen-bond acceptors (Lipinski definition) is 4. The maximum atomic E-state index is 11.7. The van der Waals surface area contributed by atoms with Crippen molar-refractivity contribution in [1.82, 2.24) is 0 Å². The molecule has 5 heteroatoms. The molecule has 0 aromatic rings. The van der Waals surface area contributed by atoms with Crippen LogP contribution < -0.4 is 0 Å². The van der Waals surface area contributed by atoms with Gasteiger partial charge < -0.3 is 9.47 Å². The number of esters is 2. The summed E-state index contributed by atoms with van der Waals surface area (Å²) in [5, 5.41) is 0. The van der Waals surface area contributed by atoms with E-state index in [-0.39, 0.29) is 24.6 Å². The van der Waals surface area contributed by atoms with Gasteiger partial charge >= 0.3 is 11.9 Å². The van der Waals surface area contributed by atoms with Crippen molar-refractivity contribution in [2.45, 2.75) is 63.9 Å². The van der Waals surface area contributed by atoms with Gasteiger partial charge in [0, 0.05) is 8.07 Å².